The van der Waals surface area contributed by atoms with Gasteiger partial charge in [-0.25, -0.2) is 17.1 Å². The fourth-order valence-corrected chi connectivity index (χ4v) is 2.24. The number of nitrogens with two attached hydrogens (primary N) is 1. The van der Waals surface area contributed by atoms with Crippen molar-refractivity contribution < 1.29 is 22.4 Å². The Kier molecular flexibility index (Phi) is 4.79. The second-order valence-corrected chi connectivity index (χ2v) is 6.23. The van der Waals surface area contributed by atoms with Crippen LogP contribution >= 0.6 is 0 Å². The van der Waals surface area contributed by atoms with Gasteiger partial charge in [0.05, 0.1) is 17.0 Å². The molecule has 0 heterocycles. The second-order valence-electron chi connectivity index (χ2n) is 4.08. The van der Waals surface area contributed by atoms with Crippen molar-refractivity contribution >= 4 is 21.8 Å². The molecule has 1 aromatic rings. The van der Waals surface area contributed by atoms with Crippen molar-refractivity contribution in [3.05, 3.63) is 29.6 Å². The molecule has 0 unspecified atom stereocenters. The Morgan fingerprint density at radius 3 is 2.45 bits per heavy atom. The molecule has 0 bridgehead atoms. The highest BCUT2D eigenvalue weighted by molar-refractivity contribution is 7.89. The number of carbonyl (C=O) groups excluding carboxylic acids is 2. The summed E-state index contributed by atoms with van der Waals surface area (Å²) in [5.41, 5.74) is 4.37. The van der Waals surface area contributed by atoms with E-state index in [0.717, 1.165) is 22.5 Å². The number of rotatable bonds is 5. The smallest absolute Gasteiger partial charge is 0.254 e. The van der Waals surface area contributed by atoms with Crippen LogP contribution in [0.2, 0.25) is 0 Å². The Bertz CT molecular complexity index is 643. The van der Waals surface area contributed by atoms with Gasteiger partial charge in [0.1, 0.15) is 5.82 Å². The molecule has 0 aliphatic heterocycles. The summed E-state index contributed by atoms with van der Waals surface area (Å²) >= 11 is 0. The molecule has 0 aliphatic carbocycles. The van der Waals surface area contributed by atoms with E-state index in [1.54, 1.807) is 0 Å². The molecule has 0 saturated heterocycles. The molecule has 2 amide bonds. The minimum Gasteiger partial charge on any atom is -0.368 e. The maximum absolute atomic E-state index is 13.5. The molecule has 20 heavy (non-hydrogen) atoms. The number of amides is 2. The van der Waals surface area contributed by atoms with E-state index in [2.05, 4.69) is 5.32 Å². The van der Waals surface area contributed by atoms with Crippen LogP contribution in [0.5, 0.6) is 0 Å². The fraction of sp³-hybridized carbons (Fsp3) is 0.273. The van der Waals surface area contributed by atoms with Crippen LogP contribution in [0.1, 0.15) is 10.4 Å². The monoisotopic (exact) mass is 303 g/mol. The highest BCUT2D eigenvalue weighted by Gasteiger charge is 2.21. The predicted molar refractivity (Wildman–Crippen MR) is 68.8 cm³/mol. The number of nitrogens with zero attached hydrogens (tertiary/aromatic N) is 1. The minimum atomic E-state index is -3.79. The Hall–Kier alpha value is -2.00. The van der Waals surface area contributed by atoms with E-state index in [0.29, 0.717) is 0 Å². The molecule has 110 valence electrons. The summed E-state index contributed by atoms with van der Waals surface area (Å²) in [4.78, 5) is 22.0. The van der Waals surface area contributed by atoms with Crippen LogP contribution in [0.25, 0.3) is 0 Å². The van der Waals surface area contributed by atoms with E-state index in [1.807, 2.05) is 0 Å². The second kappa shape index (κ2) is 5.97. The van der Waals surface area contributed by atoms with Crippen LogP contribution < -0.4 is 11.1 Å². The topological polar surface area (TPSA) is 110 Å². The molecule has 0 spiro atoms. The molecule has 0 atom stereocenters. The molecule has 9 heteroatoms. The van der Waals surface area contributed by atoms with Gasteiger partial charge in [-0.2, -0.15) is 0 Å². The number of halogens is 1. The molecular weight excluding hydrogens is 289 g/mol. The zero-order valence-corrected chi connectivity index (χ0v) is 11.7. The Morgan fingerprint density at radius 2 is 1.95 bits per heavy atom. The lowest BCUT2D eigenvalue weighted by molar-refractivity contribution is -0.117. The Balaban J connectivity index is 3.16. The van der Waals surface area contributed by atoms with Crippen molar-refractivity contribution in [2.24, 2.45) is 5.73 Å². The molecule has 7 nitrogen and oxygen atoms in total. The summed E-state index contributed by atoms with van der Waals surface area (Å²) in [6.45, 7) is -0.469. The Morgan fingerprint density at radius 1 is 1.35 bits per heavy atom. The number of benzene rings is 1. The van der Waals surface area contributed by atoms with Crippen LogP contribution in [0.3, 0.4) is 0 Å². The van der Waals surface area contributed by atoms with Crippen molar-refractivity contribution in [2.45, 2.75) is 4.90 Å². The first-order chi connectivity index (χ1) is 9.16. The lowest BCUT2D eigenvalue weighted by atomic mass is 10.2. The molecule has 0 aliphatic rings. The maximum Gasteiger partial charge on any atom is 0.254 e. The zero-order valence-electron chi connectivity index (χ0n) is 10.9. The number of nitrogens with one attached hydrogen (secondary N) is 1. The van der Waals surface area contributed by atoms with Crippen molar-refractivity contribution in [3.8, 4) is 0 Å². The standard InChI is InChI=1S/C11H14FN3O4S/c1-15(2)20(18,19)7-3-4-9(12)8(5-7)11(17)14-6-10(13)16/h3-5H,6H2,1-2H3,(H2,13,16)(H,14,17). The summed E-state index contributed by atoms with van der Waals surface area (Å²) in [5, 5.41) is 2.09. The predicted octanol–water partition coefficient (Wildman–Crippen LogP) is -0.709. The molecule has 3 N–H and O–H groups in total. The van der Waals surface area contributed by atoms with E-state index in [9.17, 15) is 22.4 Å². The molecule has 1 rings (SSSR count). The summed E-state index contributed by atoms with van der Waals surface area (Å²) in [5.74, 6) is -2.61. The van der Waals surface area contributed by atoms with Gasteiger partial charge in [0.2, 0.25) is 15.9 Å². The summed E-state index contributed by atoms with van der Waals surface area (Å²) in [7, 11) is -1.16. The molecule has 0 aromatic heterocycles. The first kappa shape index (κ1) is 16.1. The molecule has 1 aromatic carbocycles. The van der Waals surface area contributed by atoms with Crippen LogP contribution in [-0.2, 0) is 14.8 Å². The van der Waals surface area contributed by atoms with Crippen molar-refractivity contribution in [3.63, 3.8) is 0 Å². The maximum atomic E-state index is 13.5. The first-order valence-corrected chi connectivity index (χ1v) is 6.89. The average molecular weight is 303 g/mol. The summed E-state index contributed by atoms with van der Waals surface area (Å²) < 4.78 is 38.2. The van der Waals surface area contributed by atoms with Gasteiger partial charge in [-0.3, -0.25) is 9.59 Å². The van der Waals surface area contributed by atoms with Crippen molar-refractivity contribution in [1.29, 1.82) is 0 Å². The average Bonchev–Trinajstić information content (AvgIpc) is 2.35. The third-order valence-corrected chi connectivity index (χ3v) is 4.20. The number of sulfonamides is 1. The number of hydrogen-bond donors (Lipinski definition) is 2. The Labute approximate surface area is 115 Å². The number of primary amides is 1. The van der Waals surface area contributed by atoms with Crippen LogP contribution in [0, 0.1) is 5.82 Å². The third-order valence-electron chi connectivity index (χ3n) is 2.38. The lowest BCUT2D eigenvalue weighted by Gasteiger charge is -2.12. The van der Waals surface area contributed by atoms with Gasteiger partial charge in [-0.1, -0.05) is 0 Å². The van der Waals surface area contributed by atoms with Crippen molar-refractivity contribution in [1.82, 2.24) is 9.62 Å². The van der Waals surface area contributed by atoms with Crippen molar-refractivity contribution in [2.75, 3.05) is 20.6 Å². The third kappa shape index (κ3) is 3.52. The van der Waals surface area contributed by atoms with Gasteiger partial charge in [-0.15, -0.1) is 0 Å². The van der Waals surface area contributed by atoms with E-state index in [4.69, 9.17) is 5.73 Å². The van der Waals surface area contributed by atoms with Crippen LogP contribution in [0.15, 0.2) is 23.1 Å². The quantitative estimate of drug-likeness (QED) is 0.749. The summed E-state index contributed by atoms with van der Waals surface area (Å²) in [6.07, 6.45) is 0. The summed E-state index contributed by atoms with van der Waals surface area (Å²) in [6, 6.07) is 2.83. The van der Waals surface area contributed by atoms with Gasteiger partial charge in [0.25, 0.3) is 5.91 Å². The van der Waals surface area contributed by atoms with Gasteiger partial charge < -0.3 is 11.1 Å². The normalized spacial score (nSPS) is 11.4. The van der Waals surface area contributed by atoms with Gasteiger partial charge >= 0.3 is 0 Å². The molecular formula is C11H14FN3O4S. The van der Waals surface area contributed by atoms with Crippen LogP contribution in [-0.4, -0.2) is 45.2 Å². The van der Waals surface area contributed by atoms with E-state index >= 15 is 0 Å². The number of hydrogen-bond acceptors (Lipinski definition) is 4. The highest BCUT2D eigenvalue weighted by Crippen LogP contribution is 2.17. The zero-order chi connectivity index (χ0) is 15.5. The van der Waals surface area contributed by atoms with Gasteiger partial charge in [0.15, 0.2) is 0 Å². The van der Waals surface area contributed by atoms with E-state index in [1.165, 1.54) is 14.1 Å². The lowest BCUT2D eigenvalue weighted by Crippen LogP contribution is -2.34. The minimum absolute atomic E-state index is 0.229. The first-order valence-electron chi connectivity index (χ1n) is 5.45. The van der Waals surface area contributed by atoms with E-state index in [-0.39, 0.29) is 4.90 Å². The number of carbonyl (C=O) groups is 2. The SMILES string of the molecule is CN(C)S(=O)(=O)c1ccc(F)c(C(=O)NCC(N)=O)c1. The molecule has 0 saturated carbocycles. The molecule has 0 fully saturated rings. The van der Waals surface area contributed by atoms with E-state index < -0.39 is 39.8 Å². The largest absolute Gasteiger partial charge is 0.368 e. The fourth-order valence-electron chi connectivity index (χ4n) is 1.31. The van der Waals surface area contributed by atoms with Crippen LogP contribution in [0.4, 0.5) is 4.39 Å². The highest BCUT2D eigenvalue weighted by atomic mass is 32.2. The molecule has 0 radical (unpaired) electrons. The van der Waals surface area contributed by atoms with Gasteiger partial charge in [-0.05, 0) is 18.2 Å². The van der Waals surface area contributed by atoms with Gasteiger partial charge in [0, 0.05) is 14.1 Å².